The monoisotopic (exact) mass is 428 g/mol. The Morgan fingerprint density at radius 2 is 1.93 bits per heavy atom. The Bertz CT molecular complexity index is 1080. The maximum atomic E-state index is 12.2. The fraction of sp³-hybridized carbons (Fsp3) is 0.158. The van der Waals surface area contributed by atoms with Crippen molar-refractivity contribution in [3.8, 4) is 0 Å². The predicted octanol–water partition coefficient (Wildman–Crippen LogP) is 2.22. The Kier molecular flexibility index (Phi) is 5.66. The summed E-state index contributed by atoms with van der Waals surface area (Å²) in [6, 6.07) is 12.4. The van der Waals surface area contributed by atoms with E-state index in [-0.39, 0.29) is 30.3 Å². The molecule has 2 aromatic carbocycles. The van der Waals surface area contributed by atoms with Gasteiger partial charge in [0.25, 0.3) is 0 Å². The van der Waals surface area contributed by atoms with Gasteiger partial charge in [-0.15, -0.1) is 0 Å². The molecule has 0 bridgehead atoms. The molecule has 0 aliphatic rings. The van der Waals surface area contributed by atoms with Crippen molar-refractivity contribution in [3.63, 3.8) is 0 Å². The van der Waals surface area contributed by atoms with Crippen molar-refractivity contribution in [1.82, 2.24) is 15.1 Å². The third kappa shape index (κ3) is 4.59. The minimum absolute atomic E-state index is 0.0919. The molecule has 0 aliphatic carbocycles. The standard InChI is InChI=1S/C19H17BrN4O3/c1-12-8-13(20)6-7-15(12)23-18(26)10-21-19(27)11-24-16-5-3-2-4-14(16)17(25)9-22-24/h2-9H,10-11H2,1H3,(H,21,27)(H,23,26). The second-order valence-electron chi connectivity index (χ2n) is 5.97. The second-order valence-corrected chi connectivity index (χ2v) is 6.88. The van der Waals surface area contributed by atoms with Crippen molar-refractivity contribution >= 4 is 44.3 Å². The lowest BCUT2D eigenvalue weighted by molar-refractivity contribution is -0.124. The van der Waals surface area contributed by atoms with Gasteiger partial charge in [-0.1, -0.05) is 28.1 Å². The largest absolute Gasteiger partial charge is 0.345 e. The number of hydrogen-bond donors (Lipinski definition) is 2. The zero-order valence-electron chi connectivity index (χ0n) is 14.5. The number of anilines is 1. The van der Waals surface area contributed by atoms with E-state index in [0.717, 1.165) is 10.0 Å². The van der Waals surface area contributed by atoms with Gasteiger partial charge in [-0.25, -0.2) is 0 Å². The van der Waals surface area contributed by atoms with Crippen molar-refractivity contribution in [1.29, 1.82) is 0 Å². The number of para-hydroxylation sites is 1. The number of fused-ring (bicyclic) bond motifs is 1. The molecule has 27 heavy (non-hydrogen) atoms. The fourth-order valence-electron chi connectivity index (χ4n) is 2.62. The number of hydrogen-bond acceptors (Lipinski definition) is 4. The molecule has 1 aromatic heterocycles. The molecule has 0 fully saturated rings. The Morgan fingerprint density at radius 3 is 2.70 bits per heavy atom. The first kappa shape index (κ1) is 18.8. The van der Waals surface area contributed by atoms with Gasteiger partial charge in [-0.05, 0) is 42.8 Å². The minimum Gasteiger partial charge on any atom is -0.345 e. The van der Waals surface area contributed by atoms with Crippen LogP contribution in [0, 0.1) is 6.92 Å². The van der Waals surface area contributed by atoms with E-state index in [1.165, 1.54) is 10.9 Å². The average Bonchev–Trinajstić information content (AvgIpc) is 2.65. The lowest BCUT2D eigenvalue weighted by Gasteiger charge is -2.11. The molecule has 1 heterocycles. The second kappa shape index (κ2) is 8.13. The molecule has 2 amide bonds. The first-order valence-electron chi connectivity index (χ1n) is 8.21. The highest BCUT2D eigenvalue weighted by molar-refractivity contribution is 9.10. The maximum absolute atomic E-state index is 12.2. The highest BCUT2D eigenvalue weighted by Crippen LogP contribution is 2.19. The number of aromatic nitrogens is 2. The topological polar surface area (TPSA) is 93.1 Å². The van der Waals surface area contributed by atoms with E-state index in [4.69, 9.17) is 0 Å². The first-order chi connectivity index (χ1) is 12.9. The zero-order chi connectivity index (χ0) is 19.4. The van der Waals surface area contributed by atoms with Crippen LogP contribution in [-0.2, 0) is 16.1 Å². The summed E-state index contributed by atoms with van der Waals surface area (Å²) in [6.07, 6.45) is 1.18. The minimum atomic E-state index is -0.376. The lowest BCUT2D eigenvalue weighted by atomic mass is 10.2. The maximum Gasteiger partial charge on any atom is 0.243 e. The fourth-order valence-corrected chi connectivity index (χ4v) is 3.10. The van der Waals surface area contributed by atoms with E-state index < -0.39 is 0 Å². The highest BCUT2D eigenvalue weighted by Gasteiger charge is 2.10. The van der Waals surface area contributed by atoms with E-state index >= 15 is 0 Å². The van der Waals surface area contributed by atoms with Gasteiger partial charge in [-0.2, -0.15) is 5.10 Å². The third-order valence-corrected chi connectivity index (χ3v) is 4.46. The Balaban J connectivity index is 1.61. The van der Waals surface area contributed by atoms with E-state index in [1.807, 2.05) is 19.1 Å². The van der Waals surface area contributed by atoms with Gasteiger partial charge in [0.05, 0.1) is 18.3 Å². The molecule has 8 heteroatoms. The summed E-state index contributed by atoms with van der Waals surface area (Å²) in [5, 5.41) is 9.81. The van der Waals surface area contributed by atoms with E-state index in [9.17, 15) is 14.4 Å². The van der Waals surface area contributed by atoms with Crippen LogP contribution in [0.5, 0.6) is 0 Å². The summed E-state index contributed by atoms with van der Waals surface area (Å²) in [7, 11) is 0. The van der Waals surface area contributed by atoms with Gasteiger partial charge < -0.3 is 10.6 Å². The molecule has 0 aliphatic heterocycles. The van der Waals surface area contributed by atoms with Crippen LogP contribution in [0.2, 0.25) is 0 Å². The van der Waals surface area contributed by atoms with Crippen molar-refractivity contribution in [2.24, 2.45) is 0 Å². The van der Waals surface area contributed by atoms with Crippen LogP contribution >= 0.6 is 15.9 Å². The number of carbonyl (C=O) groups is 2. The number of carbonyl (C=O) groups excluding carboxylic acids is 2. The molecule has 0 saturated carbocycles. The third-order valence-electron chi connectivity index (χ3n) is 3.96. The number of nitrogens with one attached hydrogen (secondary N) is 2. The van der Waals surface area contributed by atoms with Crippen molar-refractivity contribution in [3.05, 3.63) is 68.9 Å². The number of amides is 2. The van der Waals surface area contributed by atoms with E-state index in [0.29, 0.717) is 16.6 Å². The molecule has 0 spiro atoms. The Hall–Kier alpha value is -3.00. The van der Waals surface area contributed by atoms with Crippen LogP contribution in [0.3, 0.4) is 0 Å². The molecule has 3 aromatic rings. The van der Waals surface area contributed by atoms with Crippen molar-refractivity contribution in [2.45, 2.75) is 13.5 Å². The van der Waals surface area contributed by atoms with Crippen LogP contribution < -0.4 is 16.1 Å². The molecular weight excluding hydrogens is 412 g/mol. The molecule has 2 N–H and O–H groups in total. The number of aryl methyl sites for hydroxylation is 1. The van der Waals surface area contributed by atoms with Crippen LogP contribution in [0.4, 0.5) is 5.69 Å². The van der Waals surface area contributed by atoms with Crippen molar-refractivity contribution < 1.29 is 9.59 Å². The zero-order valence-corrected chi connectivity index (χ0v) is 16.1. The number of rotatable bonds is 5. The van der Waals surface area contributed by atoms with Crippen LogP contribution in [0.25, 0.3) is 10.9 Å². The predicted molar refractivity (Wildman–Crippen MR) is 107 cm³/mol. The van der Waals surface area contributed by atoms with Gasteiger partial charge in [0.15, 0.2) is 0 Å². The van der Waals surface area contributed by atoms with E-state index in [1.54, 1.807) is 30.3 Å². The Labute approximate surface area is 163 Å². The first-order valence-corrected chi connectivity index (χ1v) is 9.01. The molecule has 138 valence electrons. The SMILES string of the molecule is Cc1cc(Br)ccc1NC(=O)CNC(=O)Cn1ncc(=O)c2ccccc21. The molecular formula is C19H17BrN4O3. The summed E-state index contributed by atoms with van der Waals surface area (Å²) in [5.74, 6) is -0.703. The molecule has 0 saturated heterocycles. The summed E-state index contributed by atoms with van der Waals surface area (Å²) in [4.78, 5) is 36.1. The molecule has 0 radical (unpaired) electrons. The summed E-state index contributed by atoms with van der Waals surface area (Å²) < 4.78 is 2.36. The van der Waals surface area contributed by atoms with Gasteiger partial charge in [0.2, 0.25) is 17.2 Å². The summed E-state index contributed by atoms with van der Waals surface area (Å²) in [5.41, 5.74) is 1.96. The van der Waals surface area contributed by atoms with Crippen molar-refractivity contribution in [2.75, 3.05) is 11.9 Å². The number of benzene rings is 2. The summed E-state index contributed by atoms with van der Waals surface area (Å²) >= 11 is 3.37. The number of halogens is 1. The normalized spacial score (nSPS) is 10.6. The van der Waals surface area contributed by atoms with Gasteiger partial charge >= 0.3 is 0 Å². The van der Waals surface area contributed by atoms with E-state index in [2.05, 4.69) is 31.7 Å². The molecule has 7 nitrogen and oxygen atoms in total. The molecule has 0 atom stereocenters. The Morgan fingerprint density at radius 1 is 1.15 bits per heavy atom. The number of nitrogens with zero attached hydrogens (tertiary/aromatic N) is 2. The lowest BCUT2D eigenvalue weighted by Crippen LogP contribution is -2.35. The van der Waals surface area contributed by atoms with Crippen LogP contribution in [0.15, 0.2) is 57.9 Å². The van der Waals surface area contributed by atoms with Crippen LogP contribution in [-0.4, -0.2) is 28.1 Å². The molecule has 3 rings (SSSR count). The highest BCUT2D eigenvalue weighted by atomic mass is 79.9. The van der Waals surface area contributed by atoms with Gasteiger partial charge in [-0.3, -0.25) is 19.1 Å². The van der Waals surface area contributed by atoms with Crippen LogP contribution in [0.1, 0.15) is 5.56 Å². The van der Waals surface area contributed by atoms with Gasteiger partial charge in [0, 0.05) is 15.5 Å². The summed E-state index contributed by atoms with van der Waals surface area (Å²) in [6.45, 7) is 1.63. The smallest absolute Gasteiger partial charge is 0.243 e. The van der Waals surface area contributed by atoms with Gasteiger partial charge in [0.1, 0.15) is 6.54 Å². The average molecular weight is 429 g/mol. The quantitative estimate of drug-likeness (QED) is 0.651. The molecule has 0 unspecified atom stereocenters.